The van der Waals surface area contributed by atoms with Crippen molar-refractivity contribution in [2.24, 2.45) is 23.7 Å². The maximum absolute atomic E-state index is 12.5. The summed E-state index contributed by atoms with van der Waals surface area (Å²) in [5, 5.41) is 0. The van der Waals surface area contributed by atoms with E-state index in [9.17, 15) is 4.79 Å². The van der Waals surface area contributed by atoms with Gasteiger partial charge in [-0.1, -0.05) is 19.4 Å². The van der Waals surface area contributed by atoms with E-state index in [0.29, 0.717) is 30.1 Å². The van der Waals surface area contributed by atoms with Crippen LogP contribution in [0, 0.1) is 23.7 Å². The molecule has 0 atom stereocenters. The van der Waals surface area contributed by atoms with Gasteiger partial charge in [0, 0.05) is 0 Å². The number of carbonyl (C=O) groups excluding carboxylic acids is 1. The van der Waals surface area contributed by atoms with Gasteiger partial charge in [-0.3, -0.25) is 0 Å². The summed E-state index contributed by atoms with van der Waals surface area (Å²) in [5.41, 5.74) is 0.229. The zero-order chi connectivity index (χ0) is 16.0. The van der Waals surface area contributed by atoms with Crippen molar-refractivity contribution in [3.63, 3.8) is 0 Å². The van der Waals surface area contributed by atoms with Crippen LogP contribution in [-0.4, -0.2) is 24.3 Å². The Bertz CT molecular complexity index is 461. The molecule has 5 saturated carbocycles. The summed E-state index contributed by atoms with van der Waals surface area (Å²) < 4.78 is 11.9. The molecule has 0 aromatic rings. The van der Waals surface area contributed by atoms with Gasteiger partial charge >= 0.3 is 5.97 Å². The van der Waals surface area contributed by atoms with E-state index >= 15 is 0 Å². The number of esters is 1. The molecule has 0 radical (unpaired) electrons. The molecule has 5 fully saturated rings. The van der Waals surface area contributed by atoms with Crippen molar-refractivity contribution in [2.75, 3.05) is 6.61 Å². The Morgan fingerprint density at radius 2 is 1.61 bits per heavy atom. The molecule has 4 bridgehead atoms. The molecule has 5 aliphatic carbocycles. The standard InChI is InChI=1S/C20H30O3/c1-13(12-22-18-5-3-4-6-18)19(21)23-20(2)16-8-14-7-15(10-16)11-17(20)9-14/h14-18H,1,3-12H2,2H3. The van der Waals surface area contributed by atoms with E-state index < -0.39 is 0 Å². The van der Waals surface area contributed by atoms with Gasteiger partial charge in [0.15, 0.2) is 0 Å². The van der Waals surface area contributed by atoms with E-state index in [1.807, 2.05) is 0 Å². The quantitative estimate of drug-likeness (QED) is 0.561. The summed E-state index contributed by atoms with van der Waals surface area (Å²) in [4.78, 5) is 12.5. The highest BCUT2D eigenvalue weighted by Crippen LogP contribution is 2.59. The molecule has 3 heteroatoms. The minimum atomic E-state index is -0.263. The average molecular weight is 318 g/mol. The predicted molar refractivity (Wildman–Crippen MR) is 88.9 cm³/mol. The molecule has 0 heterocycles. The van der Waals surface area contributed by atoms with Crippen molar-refractivity contribution in [3.8, 4) is 0 Å². The van der Waals surface area contributed by atoms with Gasteiger partial charge in [-0.2, -0.15) is 0 Å². The van der Waals surface area contributed by atoms with Crippen LogP contribution in [0.25, 0.3) is 0 Å². The molecule has 0 aromatic carbocycles. The van der Waals surface area contributed by atoms with Gasteiger partial charge < -0.3 is 9.47 Å². The first-order chi connectivity index (χ1) is 11.0. The zero-order valence-electron chi connectivity index (χ0n) is 14.4. The molecule has 128 valence electrons. The number of hydrogen-bond acceptors (Lipinski definition) is 3. The second kappa shape index (κ2) is 5.91. The van der Waals surface area contributed by atoms with Crippen LogP contribution in [0.4, 0.5) is 0 Å². The molecule has 0 unspecified atom stereocenters. The van der Waals surface area contributed by atoms with Crippen LogP contribution in [0.3, 0.4) is 0 Å². The van der Waals surface area contributed by atoms with Crippen molar-refractivity contribution < 1.29 is 14.3 Å². The summed E-state index contributed by atoms with van der Waals surface area (Å²) in [6.07, 6.45) is 11.5. The van der Waals surface area contributed by atoms with Gasteiger partial charge in [0.1, 0.15) is 5.60 Å². The Balaban J connectivity index is 1.35. The Morgan fingerprint density at radius 1 is 1.04 bits per heavy atom. The summed E-state index contributed by atoms with van der Waals surface area (Å²) >= 11 is 0. The van der Waals surface area contributed by atoms with Crippen LogP contribution < -0.4 is 0 Å². The van der Waals surface area contributed by atoms with Crippen molar-refractivity contribution in [3.05, 3.63) is 12.2 Å². The van der Waals surface area contributed by atoms with E-state index in [0.717, 1.165) is 24.7 Å². The zero-order valence-corrected chi connectivity index (χ0v) is 14.4. The van der Waals surface area contributed by atoms with E-state index in [-0.39, 0.29) is 11.6 Å². The molecule has 0 saturated heterocycles. The Kier molecular flexibility index (Phi) is 4.03. The van der Waals surface area contributed by atoms with Crippen molar-refractivity contribution >= 4 is 5.97 Å². The minimum Gasteiger partial charge on any atom is -0.455 e. The minimum absolute atomic E-state index is 0.224. The fourth-order valence-electron chi connectivity index (χ4n) is 5.89. The molecule has 0 spiro atoms. The van der Waals surface area contributed by atoms with Gasteiger partial charge in [-0.05, 0) is 75.5 Å². The van der Waals surface area contributed by atoms with Crippen molar-refractivity contribution in [1.29, 1.82) is 0 Å². The third kappa shape index (κ3) is 2.86. The SMILES string of the molecule is C=C(COC1CCCC1)C(=O)OC1(C)C2CC3CC(C2)CC1C3. The first-order valence-electron chi connectivity index (χ1n) is 9.57. The lowest BCUT2D eigenvalue weighted by atomic mass is 9.50. The maximum atomic E-state index is 12.5. The molecular weight excluding hydrogens is 288 g/mol. The molecular formula is C20H30O3. The van der Waals surface area contributed by atoms with Gasteiger partial charge in [0.2, 0.25) is 0 Å². The van der Waals surface area contributed by atoms with Crippen LogP contribution in [0.5, 0.6) is 0 Å². The second-order valence-electron chi connectivity index (χ2n) is 8.70. The van der Waals surface area contributed by atoms with Crippen LogP contribution >= 0.6 is 0 Å². The van der Waals surface area contributed by atoms with Crippen molar-refractivity contribution in [2.45, 2.75) is 76.4 Å². The highest BCUT2D eigenvalue weighted by molar-refractivity contribution is 5.88. The summed E-state index contributed by atoms with van der Waals surface area (Å²) in [7, 11) is 0. The van der Waals surface area contributed by atoms with Gasteiger partial charge in [0.25, 0.3) is 0 Å². The number of ether oxygens (including phenoxy) is 2. The Labute approximate surface area is 139 Å². The number of rotatable bonds is 5. The van der Waals surface area contributed by atoms with Gasteiger partial charge in [-0.25, -0.2) is 4.79 Å². The highest BCUT2D eigenvalue weighted by atomic mass is 16.6. The lowest BCUT2D eigenvalue weighted by Crippen LogP contribution is -2.58. The van der Waals surface area contributed by atoms with E-state index in [1.165, 1.54) is 44.9 Å². The van der Waals surface area contributed by atoms with E-state index in [1.54, 1.807) is 0 Å². The molecule has 0 aliphatic heterocycles. The first-order valence-corrected chi connectivity index (χ1v) is 9.57. The third-order valence-electron chi connectivity index (χ3n) is 7.16. The average Bonchev–Trinajstić information content (AvgIpc) is 3.03. The molecule has 0 amide bonds. The molecule has 5 aliphatic rings. The fourth-order valence-corrected chi connectivity index (χ4v) is 5.89. The largest absolute Gasteiger partial charge is 0.455 e. The maximum Gasteiger partial charge on any atom is 0.336 e. The van der Waals surface area contributed by atoms with Crippen LogP contribution in [0.15, 0.2) is 12.2 Å². The van der Waals surface area contributed by atoms with Crippen LogP contribution in [0.1, 0.15) is 64.7 Å². The monoisotopic (exact) mass is 318 g/mol. The van der Waals surface area contributed by atoms with Crippen LogP contribution in [-0.2, 0) is 14.3 Å². The first kappa shape index (κ1) is 15.7. The molecule has 0 aromatic heterocycles. The van der Waals surface area contributed by atoms with Gasteiger partial charge in [-0.15, -0.1) is 0 Å². The lowest BCUT2D eigenvalue weighted by molar-refractivity contribution is -0.200. The fraction of sp³-hybridized carbons (Fsp3) is 0.850. The Hall–Kier alpha value is -0.830. The van der Waals surface area contributed by atoms with Crippen molar-refractivity contribution in [1.82, 2.24) is 0 Å². The predicted octanol–water partition coefficient (Wildman–Crippen LogP) is 4.26. The summed E-state index contributed by atoms with van der Waals surface area (Å²) in [5.74, 6) is 2.67. The van der Waals surface area contributed by atoms with E-state index in [2.05, 4.69) is 13.5 Å². The Morgan fingerprint density at radius 3 is 2.17 bits per heavy atom. The normalized spacial score (nSPS) is 42.1. The third-order valence-corrected chi connectivity index (χ3v) is 7.16. The summed E-state index contributed by atoms with van der Waals surface area (Å²) in [6.45, 7) is 6.45. The smallest absolute Gasteiger partial charge is 0.336 e. The van der Waals surface area contributed by atoms with E-state index in [4.69, 9.17) is 9.47 Å². The highest BCUT2D eigenvalue weighted by Gasteiger charge is 2.57. The lowest BCUT2D eigenvalue weighted by Gasteiger charge is -2.59. The number of carbonyl (C=O) groups is 1. The second-order valence-corrected chi connectivity index (χ2v) is 8.70. The molecule has 3 nitrogen and oxygen atoms in total. The summed E-state index contributed by atoms with van der Waals surface area (Å²) in [6, 6.07) is 0. The van der Waals surface area contributed by atoms with Gasteiger partial charge in [0.05, 0.1) is 18.3 Å². The molecule has 0 N–H and O–H groups in total. The molecule has 5 rings (SSSR count). The molecule has 23 heavy (non-hydrogen) atoms. The number of hydrogen-bond donors (Lipinski definition) is 0. The topological polar surface area (TPSA) is 35.5 Å². The van der Waals surface area contributed by atoms with Crippen LogP contribution in [0.2, 0.25) is 0 Å².